The van der Waals surface area contributed by atoms with Crippen LogP contribution in [0.15, 0.2) is 59.5 Å². The third kappa shape index (κ3) is 6.13. The van der Waals surface area contributed by atoms with Crippen molar-refractivity contribution in [3.63, 3.8) is 0 Å². The second kappa shape index (κ2) is 12.0. The third-order valence-corrected chi connectivity index (χ3v) is 9.77. The Bertz CT molecular complexity index is 1690. The second-order valence-electron chi connectivity index (χ2n) is 10.8. The molecular weight excluding hydrogens is 618 g/mol. The first kappa shape index (κ1) is 28.6. The van der Waals surface area contributed by atoms with Crippen LogP contribution >= 0.6 is 15.9 Å². The maximum atomic E-state index is 12.5. The number of sulfonamides is 1. The van der Waals surface area contributed by atoms with E-state index >= 15 is 0 Å². The van der Waals surface area contributed by atoms with Crippen LogP contribution in [0.5, 0.6) is 0 Å². The number of halogens is 1. The smallest absolute Gasteiger partial charge is 0.232 e. The van der Waals surface area contributed by atoms with Crippen LogP contribution in [0.2, 0.25) is 0 Å². The van der Waals surface area contributed by atoms with Crippen LogP contribution in [0.25, 0.3) is 11.0 Å². The van der Waals surface area contributed by atoms with Crippen molar-refractivity contribution in [2.75, 3.05) is 59.3 Å². The second-order valence-corrected chi connectivity index (χ2v) is 13.6. The minimum absolute atomic E-state index is 0.379. The molecule has 0 radical (unpaired) electrons. The zero-order chi connectivity index (χ0) is 29.3. The number of piperidine rings is 1. The predicted octanol–water partition coefficient (Wildman–Crippen LogP) is 5.13. The van der Waals surface area contributed by atoms with E-state index in [4.69, 9.17) is 4.98 Å². The normalized spacial score (nSPS) is 16.6. The number of benzene rings is 2. The van der Waals surface area contributed by atoms with Crippen molar-refractivity contribution < 1.29 is 8.42 Å². The van der Waals surface area contributed by atoms with Gasteiger partial charge in [-0.2, -0.15) is 4.98 Å². The summed E-state index contributed by atoms with van der Waals surface area (Å²) < 4.78 is 26.9. The summed E-state index contributed by atoms with van der Waals surface area (Å²) >= 11 is 3.53. The van der Waals surface area contributed by atoms with Crippen LogP contribution in [-0.2, 0) is 10.0 Å². The maximum absolute atomic E-state index is 12.5. The van der Waals surface area contributed by atoms with Crippen LogP contribution in [0.3, 0.4) is 0 Å². The molecule has 2 fully saturated rings. The molecule has 0 amide bonds. The Balaban J connectivity index is 1.21. The Hall–Kier alpha value is -3.55. The Kier molecular flexibility index (Phi) is 8.15. The van der Waals surface area contributed by atoms with Crippen LogP contribution in [-0.4, -0.2) is 78.8 Å². The van der Waals surface area contributed by atoms with Crippen LogP contribution in [0.1, 0.15) is 25.7 Å². The van der Waals surface area contributed by atoms with Crippen molar-refractivity contribution in [1.29, 1.82) is 0 Å². The Morgan fingerprint density at radius 3 is 2.50 bits per heavy atom. The summed E-state index contributed by atoms with van der Waals surface area (Å²) in [6.07, 6.45) is 11.0. The number of aromatic nitrogens is 4. The molecule has 11 nitrogen and oxygen atoms in total. The monoisotopic (exact) mass is 651 g/mol. The zero-order valence-electron chi connectivity index (χ0n) is 23.7. The lowest BCUT2D eigenvalue weighted by molar-refractivity contribution is 0.208. The summed E-state index contributed by atoms with van der Waals surface area (Å²) in [5, 5.41) is 6.61. The average molecular weight is 653 g/mol. The molecule has 2 N–H and O–H groups in total. The minimum Gasteiger partial charge on any atom is -0.371 e. The van der Waals surface area contributed by atoms with Crippen LogP contribution in [0.4, 0.5) is 34.5 Å². The molecule has 4 aromatic rings. The third-order valence-electron chi connectivity index (χ3n) is 8.01. The van der Waals surface area contributed by atoms with Crippen molar-refractivity contribution in [2.24, 2.45) is 0 Å². The number of nitrogens with one attached hydrogen (secondary N) is 2. The molecule has 220 valence electrons. The first-order valence-electron chi connectivity index (χ1n) is 14.1. The molecule has 2 aliphatic heterocycles. The molecule has 2 saturated heterocycles. The van der Waals surface area contributed by atoms with E-state index in [0.29, 0.717) is 44.7 Å². The minimum atomic E-state index is -3.58. The van der Waals surface area contributed by atoms with E-state index in [1.165, 1.54) is 62.0 Å². The van der Waals surface area contributed by atoms with Gasteiger partial charge in [0.1, 0.15) is 17.0 Å². The molecular formula is C29H34BrN9O2S. The van der Waals surface area contributed by atoms with Crippen LogP contribution < -0.4 is 19.8 Å². The molecule has 4 heterocycles. The molecule has 0 spiro atoms. The topological polar surface area (TPSA) is 119 Å². The molecule has 2 aromatic heterocycles. The molecule has 2 aromatic carbocycles. The lowest BCUT2D eigenvalue weighted by atomic mass is 10.0. The molecule has 0 saturated carbocycles. The van der Waals surface area contributed by atoms with E-state index in [1.54, 1.807) is 24.5 Å². The molecule has 6 rings (SSSR count). The van der Waals surface area contributed by atoms with Gasteiger partial charge in [-0.25, -0.2) is 13.4 Å². The first-order valence-corrected chi connectivity index (χ1v) is 16.7. The van der Waals surface area contributed by atoms with Gasteiger partial charge in [0.2, 0.25) is 16.0 Å². The van der Waals surface area contributed by atoms with Crippen LogP contribution in [0, 0.1) is 0 Å². The lowest BCUT2D eigenvalue weighted by Gasteiger charge is -2.37. The van der Waals surface area contributed by atoms with Crippen molar-refractivity contribution in [3.05, 3.63) is 59.5 Å². The summed E-state index contributed by atoms with van der Waals surface area (Å²) in [4.78, 5) is 23.0. The summed E-state index contributed by atoms with van der Waals surface area (Å²) in [7, 11) is -2.09. The maximum Gasteiger partial charge on any atom is 0.232 e. The van der Waals surface area contributed by atoms with Crippen molar-refractivity contribution in [2.45, 2.75) is 31.7 Å². The van der Waals surface area contributed by atoms with Gasteiger partial charge in [0.15, 0.2) is 0 Å². The highest BCUT2D eigenvalue weighted by Gasteiger charge is 2.26. The highest BCUT2D eigenvalue weighted by Crippen LogP contribution is 2.36. The zero-order valence-corrected chi connectivity index (χ0v) is 26.1. The number of rotatable bonds is 8. The fourth-order valence-electron chi connectivity index (χ4n) is 5.76. The quantitative estimate of drug-likeness (QED) is 0.265. The van der Waals surface area contributed by atoms with Gasteiger partial charge in [0.05, 0.1) is 21.9 Å². The fraction of sp³-hybridized carbons (Fsp3) is 0.379. The van der Waals surface area contributed by atoms with Crippen molar-refractivity contribution in [1.82, 2.24) is 24.8 Å². The molecule has 13 heteroatoms. The van der Waals surface area contributed by atoms with Crippen molar-refractivity contribution in [3.8, 4) is 0 Å². The average Bonchev–Trinajstić information content (AvgIpc) is 3.53. The number of fused-ring (bicyclic) bond motifs is 1. The standard InChI is InChI=1S/C29H34BrN9O2S/c1-37(42(2,40)41)27-25(9-8-24-26(27)32-13-12-31-24)35-28-23(30)19-33-29(36-28)34-20-6-5-7-22(18-20)39-16-10-21(11-17-39)38-14-3-4-15-38/h5-9,12-13,18-19,21H,3-4,10-11,14-17H2,1-2H3,(H2,33,34,35,36). The predicted molar refractivity (Wildman–Crippen MR) is 172 cm³/mol. The molecule has 42 heavy (non-hydrogen) atoms. The van der Waals surface area contributed by atoms with E-state index in [9.17, 15) is 8.42 Å². The van der Waals surface area contributed by atoms with Gasteiger partial charge in [-0.05, 0) is 85.0 Å². The Morgan fingerprint density at radius 2 is 1.74 bits per heavy atom. The highest BCUT2D eigenvalue weighted by molar-refractivity contribution is 9.10. The van der Waals surface area contributed by atoms with Gasteiger partial charge in [0.25, 0.3) is 0 Å². The number of likely N-dealkylation sites (tertiary alicyclic amines) is 1. The SMILES string of the molecule is CN(c1c(Nc2nc(Nc3cccc(N4CCC(N5CCCC5)CC4)c3)ncc2Br)ccc2nccnc12)S(C)(=O)=O. The molecule has 0 atom stereocenters. The molecule has 0 bridgehead atoms. The van der Waals surface area contributed by atoms with Gasteiger partial charge in [-0.3, -0.25) is 14.3 Å². The van der Waals surface area contributed by atoms with E-state index in [0.717, 1.165) is 25.0 Å². The highest BCUT2D eigenvalue weighted by atomic mass is 79.9. The van der Waals surface area contributed by atoms with E-state index < -0.39 is 10.0 Å². The number of hydrogen-bond acceptors (Lipinski definition) is 10. The van der Waals surface area contributed by atoms with Gasteiger partial charge in [-0.15, -0.1) is 0 Å². The van der Waals surface area contributed by atoms with E-state index in [-0.39, 0.29) is 0 Å². The van der Waals surface area contributed by atoms with E-state index in [1.807, 2.05) is 12.1 Å². The molecule has 2 aliphatic rings. The largest absolute Gasteiger partial charge is 0.371 e. The van der Waals surface area contributed by atoms with Gasteiger partial charge < -0.3 is 20.4 Å². The summed E-state index contributed by atoms with van der Waals surface area (Å²) in [6, 6.07) is 12.6. The fourth-order valence-corrected chi connectivity index (χ4v) is 6.56. The Labute approximate surface area is 254 Å². The Morgan fingerprint density at radius 1 is 0.976 bits per heavy atom. The number of anilines is 6. The number of hydrogen-bond donors (Lipinski definition) is 2. The van der Waals surface area contributed by atoms with Gasteiger partial charge in [-0.1, -0.05) is 6.07 Å². The van der Waals surface area contributed by atoms with Crippen molar-refractivity contribution >= 4 is 71.5 Å². The molecule has 0 aliphatic carbocycles. The first-order chi connectivity index (χ1) is 20.3. The summed E-state index contributed by atoms with van der Waals surface area (Å²) in [6.45, 7) is 4.60. The molecule has 0 unspecified atom stereocenters. The van der Waals surface area contributed by atoms with E-state index in [2.05, 4.69) is 63.4 Å². The van der Waals surface area contributed by atoms with Gasteiger partial charge >= 0.3 is 0 Å². The summed E-state index contributed by atoms with van der Waals surface area (Å²) in [5.41, 5.74) is 4.00. The van der Waals surface area contributed by atoms with Gasteiger partial charge in [0, 0.05) is 56.1 Å². The number of nitrogens with zero attached hydrogens (tertiary/aromatic N) is 7. The summed E-state index contributed by atoms with van der Waals surface area (Å²) in [5.74, 6) is 0.878. The lowest BCUT2D eigenvalue weighted by Crippen LogP contribution is -2.43.